The molecule has 0 heterocycles. The largest absolute Gasteiger partial charge is 0.419 e. The van der Waals surface area contributed by atoms with Gasteiger partial charge in [-0.15, -0.1) is 0 Å². The summed E-state index contributed by atoms with van der Waals surface area (Å²) in [6.45, 7) is 3.65. The van der Waals surface area contributed by atoms with Gasteiger partial charge in [0, 0.05) is 6.54 Å². The fourth-order valence-electron chi connectivity index (χ4n) is 1.61. The molecular weight excluding hydrogens is 276 g/mol. The van der Waals surface area contributed by atoms with Crippen molar-refractivity contribution in [3.63, 3.8) is 0 Å². The van der Waals surface area contributed by atoms with E-state index in [1.807, 2.05) is 6.92 Å². The fraction of sp³-hybridized carbons (Fsp3) is 0.462. The lowest BCUT2D eigenvalue weighted by Crippen LogP contribution is -2.28. The number of halogens is 4. The molecule has 20 heavy (non-hydrogen) atoms. The van der Waals surface area contributed by atoms with Crippen LogP contribution < -0.4 is 10.6 Å². The van der Waals surface area contributed by atoms with Crippen molar-refractivity contribution in [1.29, 1.82) is 0 Å². The highest BCUT2D eigenvalue weighted by Gasteiger charge is 2.35. The van der Waals surface area contributed by atoms with Crippen molar-refractivity contribution in [1.82, 2.24) is 10.6 Å². The van der Waals surface area contributed by atoms with Crippen molar-refractivity contribution >= 4 is 5.91 Å². The second kappa shape index (κ2) is 7.23. The zero-order valence-electron chi connectivity index (χ0n) is 11.0. The Bertz CT molecular complexity index is 460. The molecule has 1 rings (SSSR count). The lowest BCUT2D eigenvalue weighted by molar-refractivity contribution is -0.140. The van der Waals surface area contributed by atoms with Crippen LogP contribution in [0.2, 0.25) is 0 Å². The van der Waals surface area contributed by atoms with Crippen molar-refractivity contribution in [2.75, 3.05) is 19.6 Å². The first-order valence-corrected chi connectivity index (χ1v) is 6.22. The van der Waals surface area contributed by atoms with Gasteiger partial charge in [0.15, 0.2) is 0 Å². The number of carbonyl (C=O) groups is 1. The van der Waals surface area contributed by atoms with E-state index >= 15 is 0 Å². The summed E-state index contributed by atoms with van der Waals surface area (Å²) in [5.41, 5.74) is -2.03. The van der Waals surface area contributed by atoms with Crippen molar-refractivity contribution < 1.29 is 22.4 Å². The fourth-order valence-corrected chi connectivity index (χ4v) is 1.61. The van der Waals surface area contributed by atoms with Crippen LogP contribution in [0.15, 0.2) is 18.2 Å². The molecule has 112 valence electrons. The Hall–Kier alpha value is -1.63. The van der Waals surface area contributed by atoms with Gasteiger partial charge in [0.25, 0.3) is 5.91 Å². The van der Waals surface area contributed by atoms with E-state index in [-0.39, 0.29) is 6.54 Å². The molecule has 3 nitrogen and oxygen atoms in total. The van der Waals surface area contributed by atoms with Crippen molar-refractivity contribution in [2.45, 2.75) is 19.5 Å². The predicted molar refractivity (Wildman–Crippen MR) is 66.9 cm³/mol. The first-order valence-electron chi connectivity index (χ1n) is 6.22. The molecule has 0 radical (unpaired) electrons. The highest BCUT2D eigenvalue weighted by Crippen LogP contribution is 2.32. The van der Waals surface area contributed by atoms with E-state index in [1.54, 1.807) is 0 Å². The highest BCUT2D eigenvalue weighted by atomic mass is 19.4. The second-order valence-corrected chi connectivity index (χ2v) is 4.13. The Morgan fingerprint density at radius 2 is 1.95 bits per heavy atom. The second-order valence-electron chi connectivity index (χ2n) is 4.13. The normalized spacial score (nSPS) is 11.4. The first-order chi connectivity index (χ1) is 9.38. The van der Waals surface area contributed by atoms with E-state index in [0.717, 1.165) is 18.7 Å². The van der Waals surface area contributed by atoms with Crippen LogP contribution in [-0.2, 0) is 6.18 Å². The number of amides is 1. The monoisotopic (exact) mass is 292 g/mol. The van der Waals surface area contributed by atoms with Crippen LogP contribution in [0.25, 0.3) is 0 Å². The molecule has 0 saturated carbocycles. The molecule has 1 aromatic carbocycles. The summed E-state index contributed by atoms with van der Waals surface area (Å²) >= 11 is 0. The Morgan fingerprint density at radius 3 is 2.55 bits per heavy atom. The Labute approximate surface area is 114 Å². The molecule has 0 atom stereocenters. The van der Waals surface area contributed by atoms with Crippen LogP contribution >= 0.6 is 0 Å². The number of carbonyl (C=O) groups excluding carboxylic acids is 1. The molecule has 0 aliphatic rings. The molecule has 0 aromatic heterocycles. The molecule has 0 aliphatic carbocycles. The molecule has 2 N–H and O–H groups in total. The number of hydrogen-bond acceptors (Lipinski definition) is 2. The van der Waals surface area contributed by atoms with Crippen LogP contribution in [0.1, 0.15) is 29.3 Å². The SMILES string of the molecule is CCNCCCNC(=O)c1cccc(C(F)(F)F)c1F. The minimum atomic E-state index is -4.81. The zero-order valence-corrected chi connectivity index (χ0v) is 11.0. The number of rotatable bonds is 6. The molecule has 1 amide bonds. The predicted octanol–water partition coefficient (Wildman–Crippen LogP) is 2.57. The van der Waals surface area contributed by atoms with Gasteiger partial charge < -0.3 is 10.6 Å². The maximum atomic E-state index is 13.7. The van der Waals surface area contributed by atoms with Crippen LogP contribution in [0.4, 0.5) is 17.6 Å². The van der Waals surface area contributed by atoms with Gasteiger partial charge in [0.2, 0.25) is 0 Å². The molecule has 0 spiro atoms. The summed E-state index contributed by atoms with van der Waals surface area (Å²) < 4.78 is 51.2. The third-order valence-electron chi connectivity index (χ3n) is 2.61. The van der Waals surface area contributed by atoms with Gasteiger partial charge in [-0.05, 0) is 31.6 Å². The zero-order chi connectivity index (χ0) is 15.2. The smallest absolute Gasteiger partial charge is 0.352 e. The molecule has 0 unspecified atom stereocenters. The summed E-state index contributed by atoms with van der Waals surface area (Å²) in [5.74, 6) is -2.38. The van der Waals surface area contributed by atoms with E-state index < -0.39 is 29.0 Å². The van der Waals surface area contributed by atoms with Gasteiger partial charge in [0.05, 0.1) is 11.1 Å². The minimum Gasteiger partial charge on any atom is -0.352 e. The van der Waals surface area contributed by atoms with E-state index in [2.05, 4.69) is 10.6 Å². The average molecular weight is 292 g/mol. The number of hydrogen-bond donors (Lipinski definition) is 2. The third kappa shape index (κ3) is 4.48. The molecule has 0 aliphatic heterocycles. The summed E-state index contributed by atoms with van der Waals surface area (Å²) in [5, 5.41) is 5.42. The summed E-state index contributed by atoms with van der Waals surface area (Å²) in [7, 11) is 0. The van der Waals surface area contributed by atoms with Gasteiger partial charge in [-0.1, -0.05) is 13.0 Å². The summed E-state index contributed by atoms with van der Waals surface area (Å²) in [6, 6.07) is 2.65. The number of nitrogens with one attached hydrogen (secondary N) is 2. The molecule has 1 aromatic rings. The highest BCUT2D eigenvalue weighted by molar-refractivity contribution is 5.94. The molecule has 7 heteroatoms. The molecule has 0 fully saturated rings. The molecule has 0 bridgehead atoms. The van der Waals surface area contributed by atoms with E-state index in [9.17, 15) is 22.4 Å². The Balaban J connectivity index is 2.69. The van der Waals surface area contributed by atoms with Gasteiger partial charge in [-0.3, -0.25) is 4.79 Å². The molecular formula is C13H16F4N2O. The summed E-state index contributed by atoms with van der Waals surface area (Å²) in [6.07, 6.45) is -4.20. The van der Waals surface area contributed by atoms with E-state index in [4.69, 9.17) is 0 Å². The van der Waals surface area contributed by atoms with Crippen LogP contribution in [-0.4, -0.2) is 25.5 Å². The lowest BCUT2D eigenvalue weighted by Gasteiger charge is -2.11. The van der Waals surface area contributed by atoms with Gasteiger partial charge >= 0.3 is 6.18 Å². The van der Waals surface area contributed by atoms with Gasteiger partial charge in [-0.2, -0.15) is 13.2 Å². The van der Waals surface area contributed by atoms with Crippen molar-refractivity contribution in [3.8, 4) is 0 Å². The van der Waals surface area contributed by atoms with Crippen LogP contribution in [0, 0.1) is 5.82 Å². The van der Waals surface area contributed by atoms with Crippen LogP contribution in [0.3, 0.4) is 0 Å². The standard InChI is InChI=1S/C13H16F4N2O/c1-2-18-7-4-8-19-12(20)9-5-3-6-10(11(9)14)13(15,16)17/h3,5-6,18H,2,4,7-8H2,1H3,(H,19,20). The topological polar surface area (TPSA) is 41.1 Å². The van der Waals surface area contributed by atoms with Crippen LogP contribution in [0.5, 0.6) is 0 Å². The average Bonchev–Trinajstić information content (AvgIpc) is 2.37. The Morgan fingerprint density at radius 1 is 1.25 bits per heavy atom. The van der Waals surface area contributed by atoms with Crippen molar-refractivity contribution in [2.24, 2.45) is 0 Å². The lowest BCUT2D eigenvalue weighted by atomic mass is 10.1. The first kappa shape index (κ1) is 16.4. The quantitative estimate of drug-likeness (QED) is 0.625. The third-order valence-corrected chi connectivity index (χ3v) is 2.61. The molecule has 0 saturated heterocycles. The summed E-state index contributed by atoms with van der Waals surface area (Å²) in [4.78, 5) is 11.6. The van der Waals surface area contributed by atoms with Gasteiger partial charge in [-0.25, -0.2) is 4.39 Å². The van der Waals surface area contributed by atoms with Gasteiger partial charge in [0.1, 0.15) is 5.82 Å². The van der Waals surface area contributed by atoms with E-state index in [0.29, 0.717) is 19.0 Å². The maximum absolute atomic E-state index is 13.7. The maximum Gasteiger partial charge on any atom is 0.419 e. The Kier molecular flexibility index (Phi) is 5.94. The number of benzene rings is 1. The minimum absolute atomic E-state index is 0.265. The van der Waals surface area contributed by atoms with Crippen molar-refractivity contribution in [3.05, 3.63) is 35.1 Å². The van der Waals surface area contributed by atoms with E-state index in [1.165, 1.54) is 0 Å². The number of alkyl halides is 3.